The molecule has 486 valence electrons. The third-order valence-electron chi connectivity index (χ3n) is 21.7. The van der Waals surface area contributed by atoms with E-state index in [2.05, 4.69) is 27.7 Å². The SMILES string of the molecule is CC[C@H]1[C@@H](O[C@]2(C)OC[C@H](C)CC2O)C[C@H]2[C@@H]3CC[C@H]4C[C@@H](O[C@@H]5OC(CO)[C@H](O[C@@H]6OC(CO)[C@@H](O)[C@H](O[C@@H]7OC[C@@H](O)[C@H](O)C7O)C6O[C@@H]6OC(CO)[C@@H](O)[C@H](O[C@@H]7OC(C)[C@H](O)C(O)[C@@H]7O)C6O)[C@H](O)C5O)CC[C@]4(C)[C@H]3CC[C@@]21C. The van der Waals surface area contributed by atoms with Gasteiger partial charge in [-0.3, -0.25) is 0 Å². The van der Waals surface area contributed by atoms with Crippen molar-refractivity contribution in [1.29, 1.82) is 0 Å². The molecule has 36 atom stereocenters. The van der Waals surface area contributed by atoms with E-state index in [-0.39, 0.29) is 28.8 Å². The van der Waals surface area contributed by atoms with Gasteiger partial charge in [-0.1, -0.05) is 34.1 Å². The summed E-state index contributed by atoms with van der Waals surface area (Å²) >= 11 is 0. The molecule has 0 aromatic carbocycles. The lowest BCUT2D eigenvalue weighted by Crippen LogP contribution is -2.69. The second kappa shape index (κ2) is 26.3. The average Bonchev–Trinajstić information content (AvgIpc) is 1.83. The predicted molar refractivity (Wildman–Crippen MR) is 282 cm³/mol. The van der Waals surface area contributed by atoms with Crippen LogP contribution in [-0.2, 0) is 56.8 Å². The molecule has 15 N–H and O–H groups in total. The van der Waals surface area contributed by atoms with Crippen molar-refractivity contribution in [2.24, 2.45) is 46.3 Å². The highest BCUT2D eigenvalue weighted by atomic mass is 16.8. The van der Waals surface area contributed by atoms with E-state index in [1.54, 1.807) is 0 Å². The van der Waals surface area contributed by atoms with Gasteiger partial charge in [-0.25, -0.2) is 0 Å². The number of fused-ring (bicyclic) bond motifs is 5. The highest BCUT2D eigenvalue weighted by Gasteiger charge is 2.64. The molecule has 10 fully saturated rings. The Labute approximate surface area is 488 Å². The van der Waals surface area contributed by atoms with Crippen molar-refractivity contribution in [2.45, 2.75) is 277 Å². The van der Waals surface area contributed by atoms with Gasteiger partial charge in [-0.2, -0.15) is 0 Å². The lowest BCUT2D eigenvalue weighted by atomic mass is 9.44. The summed E-state index contributed by atoms with van der Waals surface area (Å²) in [5.41, 5.74) is 0.0837. The molecule has 27 heteroatoms. The standard InChI is InChI=1S/C57H96O27/c1-7-27-31(84-57(6)35(62)14-22(2)20-74-57)16-29-26-9-8-24-15-25(10-12-55(24,4)28(26)11-13-56(27,29)5)76-52-44(71)41(68)46(34(19-60)79-52)80-54-49(48(39(66)33(18-59)78-54)82-50-42(69)37(64)30(61)21-73-50)83-53-45(72)47(38(65)32(17-58)77-53)81-51-43(70)40(67)36(63)23(3)75-51/h22-54,58-72H,7-21H2,1-6H3/t22-,23?,24+,25+,26-,27+,28+,29+,30-,31+,32?,33?,34?,35?,36+,37+,38-,39-,40?,41-,42?,43+,44?,45?,46+,47+,48+,49?,50+,51+,52-,53+,54+,55+,56-,57+/m1/s1. The zero-order chi connectivity index (χ0) is 60.6. The molecule has 0 amide bonds. The molecule has 0 aromatic heterocycles. The van der Waals surface area contributed by atoms with Crippen molar-refractivity contribution in [3.05, 3.63) is 0 Å². The van der Waals surface area contributed by atoms with Crippen molar-refractivity contribution in [3.8, 4) is 0 Å². The van der Waals surface area contributed by atoms with Crippen LogP contribution in [0.3, 0.4) is 0 Å². The Bertz CT molecular complexity index is 2140. The van der Waals surface area contributed by atoms with Crippen LogP contribution < -0.4 is 0 Å². The summed E-state index contributed by atoms with van der Waals surface area (Å²) in [6.45, 7) is 9.72. The highest BCUT2D eigenvalue weighted by molar-refractivity contribution is 5.12. The van der Waals surface area contributed by atoms with E-state index in [4.69, 9.17) is 56.8 Å². The molecule has 6 heterocycles. The molecular formula is C57H96O27. The Morgan fingerprint density at radius 3 is 1.74 bits per heavy atom. The fraction of sp³-hybridized carbons (Fsp3) is 1.00. The van der Waals surface area contributed by atoms with E-state index in [1.807, 2.05) is 6.92 Å². The Kier molecular flexibility index (Phi) is 20.6. The molecule has 6 saturated heterocycles. The van der Waals surface area contributed by atoms with E-state index in [0.717, 1.165) is 44.9 Å². The monoisotopic (exact) mass is 1210 g/mol. The summed E-state index contributed by atoms with van der Waals surface area (Å²) in [5.74, 6) is 1.21. The number of hydrogen-bond acceptors (Lipinski definition) is 27. The first kappa shape index (κ1) is 65.9. The summed E-state index contributed by atoms with van der Waals surface area (Å²) in [4.78, 5) is 0. The zero-order valence-corrected chi connectivity index (χ0v) is 48.8. The van der Waals surface area contributed by atoms with Crippen LogP contribution in [0.4, 0.5) is 0 Å². The summed E-state index contributed by atoms with van der Waals surface area (Å²) in [6, 6.07) is 0. The van der Waals surface area contributed by atoms with Gasteiger partial charge in [-0.05, 0) is 118 Å². The van der Waals surface area contributed by atoms with Gasteiger partial charge in [0.2, 0.25) is 0 Å². The number of ether oxygens (including phenoxy) is 12. The summed E-state index contributed by atoms with van der Waals surface area (Å²) in [6.07, 6.45) is -35.0. The normalized spacial score (nSPS) is 56.3. The maximum Gasteiger partial charge on any atom is 0.191 e. The molecule has 0 aromatic rings. The van der Waals surface area contributed by atoms with Crippen molar-refractivity contribution >= 4 is 0 Å². The number of aliphatic hydroxyl groups is 15. The van der Waals surface area contributed by atoms with Gasteiger partial charge in [0, 0.05) is 0 Å². The summed E-state index contributed by atoms with van der Waals surface area (Å²) in [7, 11) is 0. The van der Waals surface area contributed by atoms with Crippen LogP contribution in [0.2, 0.25) is 0 Å². The van der Waals surface area contributed by atoms with Gasteiger partial charge in [0.05, 0.1) is 51.3 Å². The topological polar surface area (TPSA) is 414 Å². The van der Waals surface area contributed by atoms with Crippen LogP contribution in [0.5, 0.6) is 0 Å². The Morgan fingerprint density at radius 2 is 1.06 bits per heavy atom. The number of aliphatic hydroxyl groups excluding tert-OH is 15. The molecule has 4 aliphatic carbocycles. The molecule has 84 heavy (non-hydrogen) atoms. The van der Waals surface area contributed by atoms with E-state index < -0.39 is 192 Å². The van der Waals surface area contributed by atoms with Gasteiger partial charge in [0.15, 0.2) is 37.2 Å². The van der Waals surface area contributed by atoms with Gasteiger partial charge in [0.25, 0.3) is 0 Å². The van der Waals surface area contributed by atoms with Gasteiger partial charge in [0.1, 0.15) is 116 Å². The van der Waals surface area contributed by atoms with E-state index in [9.17, 15) is 76.6 Å². The Balaban J connectivity index is 0.836. The lowest BCUT2D eigenvalue weighted by molar-refractivity contribution is -0.409. The minimum Gasteiger partial charge on any atom is -0.394 e. The third kappa shape index (κ3) is 12.2. The van der Waals surface area contributed by atoms with E-state index in [0.29, 0.717) is 49.5 Å². The molecule has 27 nitrogen and oxygen atoms in total. The van der Waals surface area contributed by atoms with E-state index >= 15 is 0 Å². The van der Waals surface area contributed by atoms with Crippen LogP contribution in [0.15, 0.2) is 0 Å². The Hall–Kier alpha value is -1.08. The third-order valence-corrected chi connectivity index (χ3v) is 21.7. The van der Waals surface area contributed by atoms with Crippen LogP contribution >= 0.6 is 0 Å². The molecule has 4 saturated carbocycles. The highest BCUT2D eigenvalue weighted by Crippen LogP contribution is 2.68. The molecule has 10 aliphatic rings. The minimum atomic E-state index is -2.12. The van der Waals surface area contributed by atoms with Crippen LogP contribution in [0.1, 0.15) is 106 Å². The molecule has 10 rings (SSSR count). The first-order valence-electron chi connectivity index (χ1n) is 30.6. The second-order valence-corrected chi connectivity index (χ2v) is 26.8. The van der Waals surface area contributed by atoms with Gasteiger partial charge in [-0.15, -0.1) is 0 Å². The fourth-order valence-electron chi connectivity index (χ4n) is 16.7. The largest absolute Gasteiger partial charge is 0.394 e. The minimum absolute atomic E-state index is 0.000624. The van der Waals surface area contributed by atoms with Crippen molar-refractivity contribution in [2.75, 3.05) is 33.0 Å². The van der Waals surface area contributed by atoms with Crippen molar-refractivity contribution < 1.29 is 133 Å². The van der Waals surface area contributed by atoms with Crippen LogP contribution in [0.25, 0.3) is 0 Å². The van der Waals surface area contributed by atoms with Crippen molar-refractivity contribution in [1.82, 2.24) is 0 Å². The molecule has 10 unspecified atom stereocenters. The predicted octanol–water partition coefficient (Wildman–Crippen LogP) is -3.67. The lowest BCUT2D eigenvalue weighted by Gasteiger charge is -2.61. The quantitative estimate of drug-likeness (QED) is 0.0662. The Morgan fingerprint density at radius 1 is 0.476 bits per heavy atom. The number of hydrogen-bond donors (Lipinski definition) is 15. The zero-order valence-electron chi connectivity index (χ0n) is 48.8. The van der Waals surface area contributed by atoms with E-state index in [1.165, 1.54) is 6.92 Å². The molecule has 0 bridgehead atoms. The summed E-state index contributed by atoms with van der Waals surface area (Å²) in [5, 5.41) is 165. The molecular weight excluding hydrogens is 1120 g/mol. The maximum absolute atomic E-state index is 12.0. The van der Waals surface area contributed by atoms with Gasteiger partial charge >= 0.3 is 0 Å². The first-order valence-corrected chi connectivity index (χ1v) is 30.6. The van der Waals surface area contributed by atoms with Crippen LogP contribution in [-0.4, -0.2) is 281 Å². The number of rotatable bonds is 16. The summed E-state index contributed by atoms with van der Waals surface area (Å²) < 4.78 is 73.2. The van der Waals surface area contributed by atoms with Crippen LogP contribution in [0, 0.1) is 46.3 Å². The average molecular weight is 1210 g/mol. The molecule has 6 aliphatic heterocycles. The molecule has 0 spiro atoms. The van der Waals surface area contributed by atoms with Gasteiger partial charge < -0.3 is 133 Å². The smallest absolute Gasteiger partial charge is 0.191 e. The van der Waals surface area contributed by atoms with Crippen molar-refractivity contribution in [3.63, 3.8) is 0 Å². The first-order chi connectivity index (χ1) is 39.8. The molecule has 0 radical (unpaired) electrons. The maximum atomic E-state index is 12.0. The second-order valence-electron chi connectivity index (χ2n) is 26.8. The fourth-order valence-corrected chi connectivity index (χ4v) is 16.7.